The maximum absolute atomic E-state index is 12.6. The molecule has 0 spiro atoms. The van der Waals surface area contributed by atoms with Crippen LogP contribution >= 0.6 is 0 Å². The van der Waals surface area contributed by atoms with Gasteiger partial charge in [-0.3, -0.25) is 4.79 Å². The molecule has 2 heterocycles. The van der Waals surface area contributed by atoms with E-state index >= 15 is 0 Å². The van der Waals surface area contributed by atoms with E-state index in [-0.39, 0.29) is 24.5 Å². The quantitative estimate of drug-likeness (QED) is 0.907. The van der Waals surface area contributed by atoms with E-state index in [1.807, 2.05) is 37.4 Å². The fraction of sp³-hybridized carbons (Fsp3) is 0.562. The van der Waals surface area contributed by atoms with Gasteiger partial charge in [0.2, 0.25) is 5.91 Å². The van der Waals surface area contributed by atoms with Crippen molar-refractivity contribution in [2.45, 2.75) is 37.5 Å². The van der Waals surface area contributed by atoms with Crippen LogP contribution in [0.15, 0.2) is 30.3 Å². The second-order valence-electron chi connectivity index (χ2n) is 5.97. The topological polar surface area (TPSA) is 49.8 Å². The predicted octanol–water partition coefficient (Wildman–Crippen LogP) is 1.57. The number of benzene rings is 1. The Morgan fingerprint density at radius 1 is 1.45 bits per heavy atom. The number of hydrogen-bond donors (Lipinski definition) is 1. The van der Waals surface area contributed by atoms with E-state index in [0.717, 1.165) is 24.8 Å². The first-order valence-corrected chi connectivity index (χ1v) is 7.22. The standard InChI is InChI=1S/C16H21NO3/c1-17(10-12-5-3-2-4-6-12)15(19)14-9-13-7-8-16(14,11-18)20-13/h2-6,13-14,18H,7-11H2,1H3/t13-,14+,16-/m0/s1. The maximum atomic E-state index is 12.6. The van der Waals surface area contributed by atoms with E-state index in [2.05, 4.69) is 0 Å². The Labute approximate surface area is 119 Å². The van der Waals surface area contributed by atoms with Gasteiger partial charge < -0.3 is 14.7 Å². The molecule has 1 aromatic carbocycles. The number of amides is 1. The minimum atomic E-state index is -0.618. The summed E-state index contributed by atoms with van der Waals surface area (Å²) in [6.45, 7) is 0.543. The minimum absolute atomic E-state index is 0.0565. The molecule has 0 unspecified atom stereocenters. The number of nitrogens with zero attached hydrogens (tertiary/aromatic N) is 1. The summed E-state index contributed by atoms with van der Waals surface area (Å²) < 4.78 is 5.85. The number of hydrogen-bond acceptors (Lipinski definition) is 3. The summed E-state index contributed by atoms with van der Waals surface area (Å²) >= 11 is 0. The molecule has 3 rings (SSSR count). The van der Waals surface area contributed by atoms with Crippen LogP contribution in [0, 0.1) is 5.92 Å². The van der Waals surface area contributed by atoms with E-state index in [9.17, 15) is 9.90 Å². The van der Waals surface area contributed by atoms with Crippen LogP contribution in [-0.2, 0) is 16.1 Å². The highest BCUT2D eigenvalue weighted by Crippen LogP contribution is 2.48. The third-order valence-corrected chi connectivity index (χ3v) is 4.63. The van der Waals surface area contributed by atoms with E-state index in [4.69, 9.17) is 4.74 Å². The molecule has 1 amide bonds. The van der Waals surface area contributed by atoms with Crippen molar-refractivity contribution in [1.29, 1.82) is 0 Å². The molecule has 2 fully saturated rings. The monoisotopic (exact) mass is 275 g/mol. The summed E-state index contributed by atoms with van der Waals surface area (Å²) in [5.41, 5.74) is 0.498. The lowest BCUT2D eigenvalue weighted by atomic mass is 9.78. The van der Waals surface area contributed by atoms with Gasteiger partial charge in [-0.15, -0.1) is 0 Å². The van der Waals surface area contributed by atoms with Crippen molar-refractivity contribution in [2.24, 2.45) is 5.92 Å². The molecule has 3 atom stereocenters. The van der Waals surface area contributed by atoms with Gasteiger partial charge in [-0.2, -0.15) is 0 Å². The largest absolute Gasteiger partial charge is 0.393 e. The van der Waals surface area contributed by atoms with Crippen molar-refractivity contribution in [2.75, 3.05) is 13.7 Å². The second kappa shape index (κ2) is 5.19. The molecule has 0 saturated carbocycles. The fourth-order valence-electron chi connectivity index (χ4n) is 3.51. The van der Waals surface area contributed by atoms with Crippen LogP contribution < -0.4 is 0 Å². The Hall–Kier alpha value is -1.39. The molecule has 20 heavy (non-hydrogen) atoms. The van der Waals surface area contributed by atoms with Crippen molar-refractivity contribution < 1.29 is 14.6 Å². The normalized spacial score (nSPS) is 31.5. The third-order valence-electron chi connectivity index (χ3n) is 4.63. The van der Waals surface area contributed by atoms with Crippen molar-refractivity contribution in [3.05, 3.63) is 35.9 Å². The van der Waals surface area contributed by atoms with Crippen LogP contribution in [0.3, 0.4) is 0 Å². The summed E-state index contributed by atoms with van der Waals surface area (Å²) in [6.07, 6.45) is 2.66. The molecule has 2 aliphatic heterocycles. The van der Waals surface area contributed by atoms with Gasteiger partial charge in [-0.25, -0.2) is 0 Å². The number of carbonyl (C=O) groups excluding carboxylic acids is 1. The highest BCUT2D eigenvalue weighted by molar-refractivity contribution is 5.80. The number of rotatable bonds is 4. The molecular formula is C16H21NO3. The van der Waals surface area contributed by atoms with E-state index < -0.39 is 5.60 Å². The van der Waals surface area contributed by atoms with Crippen LogP contribution in [0.25, 0.3) is 0 Å². The first-order chi connectivity index (χ1) is 9.64. The molecule has 2 saturated heterocycles. The zero-order valence-corrected chi connectivity index (χ0v) is 11.8. The van der Waals surface area contributed by atoms with Gasteiger partial charge >= 0.3 is 0 Å². The number of carbonyl (C=O) groups is 1. The summed E-state index contributed by atoms with van der Waals surface area (Å²) in [4.78, 5) is 14.4. The molecule has 4 nitrogen and oxygen atoms in total. The van der Waals surface area contributed by atoms with Crippen LogP contribution in [0.1, 0.15) is 24.8 Å². The molecular weight excluding hydrogens is 254 g/mol. The molecule has 0 aromatic heterocycles. The highest BCUT2D eigenvalue weighted by Gasteiger charge is 2.56. The molecule has 0 radical (unpaired) electrons. The first kappa shape index (κ1) is 13.6. The minimum Gasteiger partial charge on any atom is -0.393 e. The van der Waals surface area contributed by atoms with E-state index in [1.54, 1.807) is 4.90 Å². The maximum Gasteiger partial charge on any atom is 0.228 e. The van der Waals surface area contributed by atoms with Gasteiger partial charge in [0.05, 0.1) is 18.6 Å². The van der Waals surface area contributed by atoms with Crippen LogP contribution in [-0.4, -0.2) is 41.3 Å². The van der Waals surface area contributed by atoms with Crippen molar-refractivity contribution in [3.8, 4) is 0 Å². The van der Waals surface area contributed by atoms with Crippen LogP contribution in [0.4, 0.5) is 0 Å². The molecule has 1 aromatic rings. The second-order valence-corrected chi connectivity index (χ2v) is 5.97. The number of aliphatic hydroxyl groups is 1. The Kier molecular flexibility index (Phi) is 3.52. The molecule has 2 aliphatic rings. The smallest absolute Gasteiger partial charge is 0.228 e. The average Bonchev–Trinajstić information content (AvgIpc) is 3.06. The average molecular weight is 275 g/mol. The van der Waals surface area contributed by atoms with Crippen molar-refractivity contribution >= 4 is 5.91 Å². The molecule has 4 heteroatoms. The van der Waals surface area contributed by atoms with Gasteiger partial charge in [-0.1, -0.05) is 30.3 Å². The SMILES string of the molecule is CN(Cc1ccccc1)C(=O)[C@H]1C[C@@H]2CC[C@@]1(CO)O2. The van der Waals surface area contributed by atoms with Gasteiger partial charge in [0.1, 0.15) is 5.60 Å². The van der Waals surface area contributed by atoms with E-state index in [1.165, 1.54) is 0 Å². The lowest BCUT2D eigenvalue weighted by Crippen LogP contribution is -2.47. The molecule has 108 valence electrons. The predicted molar refractivity (Wildman–Crippen MR) is 74.9 cm³/mol. The lowest BCUT2D eigenvalue weighted by Gasteiger charge is -2.32. The van der Waals surface area contributed by atoms with Gasteiger partial charge in [0.25, 0.3) is 0 Å². The zero-order valence-electron chi connectivity index (χ0n) is 11.8. The Morgan fingerprint density at radius 2 is 2.20 bits per heavy atom. The highest BCUT2D eigenvalue weighted by atomic mass is 16.5. The van der Waals surface area contributed by atoms with Crippen LogP contribution in [0.2, 0.25) is 0 Å². The molecule has 1 N–H and O–H groups in total. The van der Waals surface area contributed by atoms with E-state index in [0.29, 0.717) is 6.54 Å². The Bertz CT molecular complexity index is 490. The Morgan fingerprint density at radius 3 is 2.85 bits per heavy atom. The first-order valence-electron chi connectivity index (χ1n) is 7.22. The van der Waals surface area contributed by atoms with Gasteiger partial charge in [0.15, 0.2) is 0 Å². The summed E-state index contributed by atoms with van der Waals surface area (Å²) in [7, 11) is 1.83. The number of fused-ring (bicyclic) bond motifs is 2. The fourth-order valence-corrected chi connectivity index (χ4v) is 3.51. The molecule has 2 bridgehead atoms. The third kappa shape index (κ3) is 2.23. The molecule has 0 aliphatic carbocycles. The number of ether oxygens (including phenoxy) is 1. The number of aliphatic hydroxyl groups excluding tert-OH is 1. The zero-order chi connectivity index (χ0) is 14.2. The van der Waals surface area contributed by atoms with Crippen molar-refractivity contribution in [1.82, 2.24) is 4.90 Å². The lowest BCUT2D eigenvalue weighted by molar-refractivity contribution is -0.142. The van der Waals surface area contributed by atoms with Crippen LogP contribution in [0.5, 0.6) is 0 Å². The summed E-state index contributed by atoms with van der Waals surface area (Å²) in [5.74, 6) is -0.106. The van der Waals surface area contributed by atoms with Gasteiger partial charge in [0, 0.05) is 13.6 Å². The Balaban J connectivity index is 1.70. The summed E-state index contributed by atoms with van der Waals surface area (Å²) in [6, 6.07) is 9.95. The van der Waals surface area contributed by atoms with Gasteiger partial charge in [-0.05, 0) is 24.8 Å². The van der Waals surface area contributed by atoms with Crippen molar-refractivity contribution in [3.63, 3.8) is 0 Å². The summed E-state index contributed by atoms with van der Waals surface area (Å²) in [5, 5.41) is 9.64.